The Morgan fingerprint density at radius 3 is 2.62 bits per heavy atom. The highest BCUT2D eigenvalue weighted by atomic mass is 16.4. The van der Waals surface area contributed by atoms with Crippen molar-refractivity contribution < 1.29 is 19.4 Å². The fourth-order valence-corrected chi connectivity index (χ4v) is 0.924. The summed E-state index contributed by atoms with van der Waals surface area (Å²) in [6, 6.07) is 1.78. The molecule has 4 N–H and O–H groups in total. The number of carbonyl (C=O) groups is 1. The van der Waals surface area contributed by atoms with Crippen LogP contribution in [0.1, 0.15) is 17.6 Å². The number of nitrogens with two attached hydrogens (primary N) is 1. The zero-order valence-electron chi connectivity index (χ0n) is 7.10. The molecule has 0 radical (unpaired) electrons. The van der Waals surface area contributed by atoms with E-state index in [9.17, 15) is 9.90 Å². The Morgan fingerprint density at radius 2 is 2.23 bits per heavy atom. The first kappa shape index (κ1) is 9.76. The molecule has 1 rings (SSSR count). The summed E-state index contributed by atoms with van der Waals surface area (Å²) in [5, 5.41) is 17.9. The van der Waals surface area contributed by atoms with Crippen LogP contribution in [0.4, 0.5) is 0 Å². The number of aryl methyl sites for hydroxylation is 1. The van der Waals surface area contributed by atoms with Gasteiger partial charge in [-0.05, 0) is 19.1 Å². The van der Waals surface area contributed by atoms with Gasteiger partial charge in [0, 0.05) is 0 Å². The minimum absolute atomic E-state index is 0.174. The van der Waals surface area contributed by atoms with Crippen LogP contribution >= 0.6 is 0 Å². The lowest BCUT2D eigenvalue weighted by Crippen LogP contribution is -2.36. The van der Waals surface area contributed by atoms with Crippen molar-refractivity contribution in [3.05, 3.63) is 23.7 Å². The van der Waals surface area contributed by atoms with E-state index in [2.05, 4.69) is 0 Å². The molecule has 1 aromatic rings. The Morgan fingerprint density at radius 1 is 1.62 bits per heavy atom. The molecular weight excluding hydrogens is 174 g/mol. The van der Waals surface area contributed by atoms with E-state index in [1.54, 1.807) is 13.0 Å². The summed E-state index contributed by atoms with van der Waals surface area (Å²) in [5.41, 5.74) is 5.19. The highest BCUT2D eigenvalue weighted by Crippen LogP contribution is 2.18. The van der Waals surface area contributed by atoms with Crippen LogP contribution in [0.5, 0.6) is 0 Å². The van der Waals surface area contributed by atoms with Crippen molar-refractivity contribution in [2.45, 2.75) is 19.1 Å². The van der Waals surface area contributed by atoms with E-state index >= 15 is 0 Å². The van der Waals surface area contributed by atoms with Gasteiger partial charge in [0.25, 0.3) is 0 Å². The second-order valence-corrected chi connectivity index (χ2v) is 2.76. The van der Waals surface area contributed by atoms with Crippen LogP contribution < -0.4 is 5.73 Å². The van der Waals surface area contributed by atoms with Gasteiger partial charge in [0.2, 0.25) is 0 Å². The van der Waals surface area contributed by atoms with Crippen LogP contribution in [0.25, 0.3) is 0 Å². The predicted octanol–water partition coefficient (Wildman–Crippen LogP) is 0.0333. The van der Waals surface area contributed by atoms with Crippen LogP contribution in [0.2, 0.25) is 0 Å². The summed E-state index contributed by atoms with van der Waals surface area (Å²) in [6.07, 6.45) is -1.30. The molecular formula is C8H11NO4. The first-order valence-electron chi connectivity index (χ1n) is 3.75. The van der Waals surface area contributed by atoms with Crippen LogP contribution in [0.15, 0.2) is 16.5 Å². The zero-order valence-corrected chi connectivity index (χ0v) is 7.10. The summed E-state index contributed by atoms with van der Waals surface area (Å²) >= 11 is 0. The van der Waals surface area contributed by atoms with Gasteiger partial charge in [0.1, 0.15) is 23.7 Å². The highest BCUT2D eigenvalue weighted by molar-refractivity contribution is 5.74. The van der Waals surface area contributed by atoms with Crippen molar-refractivity contribution in [2.24, 2.45) is 5.73 Å². The molecule has 0 fully saturated rings. The number of aliphatic hydroxyl groups is 1. The van der Waals surface area contributed by atoms with Gasteiger partial charge in [-0.1, -0.05) is 0 Å². The minimum Gasteiger partial charge on any atom is -0.480 e. The predicted molar refractivity (Wildman–Crippen MR) is 44.0 cm³/mol. The first-order chi connectivity index (χ1) is 6.02. The Labute approximate surface area is 74.8 Å². The normalized spacial score (nSPS) is 15.3. The third-order valence-electron chi connectivity index (χ3n) is 1.68. The summed E-state index contributed by atoms with van der Waals surface area (Å²) in [7, 11) is 0. The largest absolute Gasteiger partial charge is 0.480 e. The van der Waals surface area contributed by atoms with E-state index in [1.807, 2.05) is 0 Å². The monoisotopic (exact) mass is 185 g/mol. The van der Waals surface area contributed by atoms with Gasteiger partial charge in [-0.3, -0.25) is 4.79 Å². The topological polar surface area (TPSA) is 96.7 Å². The fourth-order valence-electron chi connectivity index (χ4n) is 0.924. The summed E-state index contributed by atoms with van der Waals surface area (Å²) in [6.45, 7) is 1.70. The third kappa shape index (κ3) is 2.07. The van der Waals surface area contributed by atoms with E-state index in [1.165, 1.54) is 6.07 Å². The first-order valence-corrected chi connectivity index (χ1v) is 3.75. The summed E-state index contributed by atoms with van der Waals surface area (Å²) in [5.74, 6) is -0.486. The molecule has 72 valence electrons. The maximum atomic E-state index is 10.4. The van der Waals surface area contributed by atoms with E-state index in [0.717, 1.165) is 0 Å². The average molecular weight is 185 g/mol. The molecule has 0 aliphatic heterocycles. The number of aliphatic hydroxyl groups excluding tert-OH is 1. The molecule has 0 saturated carbocycles. The van der Waals surface area contributed by atoms with Gasteiger partial charge < -0.3 is 20.4 Å². The number of hydrogen-bond donors (Lipinski definition) is 3. The standard InChI is InChI=1S/C8H11NO4/c1-4-2-3-5(13-4)7(10)6(9)8(11)12/h2-3,6-7,10H,9H2,1H3,(H,11,12). The van der Waals surface area contributed by atoms with Gasteiger partial charge in [-0.15, -0.1) is 0 Å². The molecule has 0 aromatic carbocycles. The third-order valence-corrected chi connectivity index (χ3v) is 1.68. The van der Waals surface area contributed by atoms with Gasteiger partial charge in [0.05, 0.1) is 0 Å². The SMILES string of the molecule is Cc1ccc(C(O)C(N)C(=O)O)o1. The Balaban J connectivity index is 2.78. The van der Waals surface area contributed by atoms with Crippen molar-refractivity contribution >= 4 is 5.97 Å². The van der Waals surface area contributed by atoms with Crippen molar-refractivity contribution in [1.82, 2.24) is 0 Å². The van der Waals surface area contributed by atoms with Gasteiger partial charge in [-0.25, -0.2) is 0 Å². The Bertz CT molecular complexity index is 307. The van der Waals surface area contributed by atoms with Crippen LogP contribution in [-0.4, -0.2) is 22.2 Å². The molecule has 13 heavy (non-hydrogen) atoms. The Hall–Kier alpha value is -1.33. The molecule has 1 heterocycles. The van der Waals surface area contributed by atoms with Gasteiger partial charge in [0.15, 0.2) is 0 Å². The number of carboxylic acid groups (broad SMARTS) is 1. The van der Waals surface area contributed by atoms with Crippen LogP contribution in [-0.2, 0) is 4.79 Å². The molecule has 5 nitrogen and oxygen atoms in total. The zero-order chi connectivity index (χ0) is 10.0. The summed E-state index contributed by atoms with van der Waals surface area (Å²) in [4.78, 5) is 10.4. The number of hydrogen-bond acceptors (Lipinski definition) is 4. The molecule has 0 saturated heterocycles. The van der Waals surface area contributed by atoms with Crippen molar-refractivity contribution in [3.8, 4) is 0 Å². The quantitative estimate of drug-likeness (QED) is 0.617. The average Bonchev–Trinajstić information content (AvgIpc) is 2.49. The van der Waals surface area contributed by atoms with Crippen LogP contribution in [0.3, 0.4) is 0 Å². The lowest BCUT2D eigenvalue weighted by atomic mass is 10.1. The molecule has 2 unspecified atom stereocenters. The molecule has 5 heteroatoms. The molecule has 0 spiro atoms. The second-order valence-electron chi connectivity index (χ2n) is 2.76. The molecule has 2 atom stereocenters. The van der Waals surface area contributed by atoms with E-state index in [-0.39, 0.29) is 5.76 Å². The number of aliphatic carboxylic acids is 1. The van der Waals surface area contributed by atoms with E-state index in [4.69, 9.17) is 15.3 Å². The molecule has 0 amide bonds. The lowest BCUT2D eigenvalue weighted by molar-refractivity contribution is -0.141. The molecule has 0 bridgehead atoms. The summed E-state index contributed by atoms with van der Waals surface area (Å²) < 4.78 is 5.02. The maximum Gasteiger partial charge on any atom is 0.323 e. The van der Waals surface area contributed by atoms with Crippen molar-refractivity contribution in [1.29, 1.82) is 0 Å². The molecule has 0 aliphatic carbocycles. The molecule has 1 aromatic heterocycles. The van der Waals surface area contributed by atoms with Crippen molar-refractivity contribution in [3.63, 3.8) is 0 Å². The maximum absolute atomic E-state index is 10.4. The second kappa shape index (κ2) is 3.59. The van der Waals surface area contributed by atoms with Gasteiger partial charge >= 0.3 is 5.97 Å². The Kier molecular flexibility index (Phi) is 2.69. The number of furan rings is 1. The lowest BCUT2D eigenvalue weighted by Gasteiger charge is -2.11. The van der Waals surface area contributed by atoms with Crippen molar-refractivity contribution in [2.75, 3.05) is 0 Å². The van der Waals surface area contributed by atoms with Crippen LogP contribution in [0, 0.1) is 6.92 Å². The highest BCUT2D eigenvalue weighted by Gasteiger charge is 2.25. The molecule has 0 aliphatic rings. The van der Waals surface area contributed by atoms with E-state index in [0.29, 0.717) is 5.76 Å². The van der Waals surface area contributed by atoms with E-state index < -0.39 is 18.1 Å². The number of rotatable bonds is 3. The fraction of sp³-hybridized carbons (Fsp3) is 0.375. The minimum atomic E-state index is -1.36. The number of carboxylic acids is 1. The smallest absolute Gasteiger partial charge is 0.323 e. The van der Waals surface area contributed by atoms with Gasteiger partial charge in [-0.2, -0.15) is 0 Å².